The van der Waals surface area contributed by atoms with Gasteiger partial charge in [-0.25, -0.2) is 0 Å². The van der Waals surface area contributed by atoms with Crippen LogP contribution in [0.5, 0.6) is 0 Å². The summed E-state index contributed by atoms with van der Waals surface area (Å²) in [5, 5.41) is 8.87. The lowest BCUT2D eigenvalue weighted by molar-refractivity contribution is 0.102. The lowest BCUT2D eigenvalue weighted by Gasteiger charge is -1.95. The number of thiophene rings is 1. The molecule has 8 heteroatoms. The van der Waals surface area contributed by atoms with Crippen LogP contribution in [0.4, 0.5) is 0 Å². The van der Waals surface area contributed by atoms with Crippen molar-refractivity contribution in [2.75, 3.05) is 5.75 Å². The number of carbonyl (C=O) groups excluding carboxylic acids is 1. The fourth-order valence-corrected chi connectivity index (χ4v) is 3.48. The Kier molecular flexibility index (Phi) is 4.83. The summed E-state index contributed by atoms with van der Waals surface area (Å²) in [5.74, 6) is 0.595. The molecule has 0 fully saturated rings. The summed E-state index contributed by atoms with van der Waals surface area (Å²) < 4.78 is 6.12. The predicted molar refractivity (Wildman–Crippen MR) is 89.1 cm³/mol. The zero-order valence-electron chi connectivity index (χ0n) is 11.0. The van der Waals surface area contributed by atoms with E-state index in [0.29, 0.717) is 25.3 Å². The minimum atomic E-state index is -0.0202. The van der Waals surface area contributed by atoms with Crippen LogP contribution in [0.3, 0.4) is 0 Å². The van der Waals surface area contributed by atoms with Crippen molar-refractivity contribution in [2.24, 2.45) is 0 Å². The van der Waals surface area contributed by atoms with Crippen molar-refractivity contribution in [1.82, 2.24) is 10.2 Å². The second kappa shape index (κ2) is 6.83. The van der Waals surface area contributed by atoms with E-state index in [4.69, 9.17) is 27.6 Å². The maximum atomic E-state index is 12.0. The van der Waals surface area contributed by atoms with Gasteiger partial charge >= 0.3 is 0 Å². The van der Waals surface area contributed by atoms with Crippen molar-refractivity contribution in [2.45, 2.75) is 5.22 Å². The summed E-state index contributed by atoms with van der Waals surface area (Å²) in [4.78, 5) is 12.6. The van der Waals surface area contributed by atoms with Gasteiger partial charge in [0.25, 0.3) is 5.22 Å². The maximum absolute atomic E-state index is 12.0. The van der Waals surface area contributed by atoms with E-state index in [1.165, 1.54) is 23.1 Å². The molecule has 0 spiro atoms. The van der Waals surface area contributed by atoms with Gasteiger partial charge in [0, 0.05) is 10.6 Å². The number of hydrogen-bond acceptors (Lipinski definition) is 6. The van der Waals surface area contributed by atoms with E-state index in [9.17, 15) is 4.79 Å². The number of halogens is 2. The van der Waals surface area contributed by atoms with Crippen molar-refractivity contribution in [1.29, 1.82) is 0 Å². The van der Waals surface area contributed by atoms with E-state index in [0.717, 1.165) is 5.56 Å². The van der Waals surface area contributed by atoms with E-state index in [2.05, 4.69) is 10.2 Å². The van der Waals surface area contributed by atoms with Gasteiger partial charge in [0.1, 0.15) is 0 Å². The first kappa shape index (κ1) is 15.6. The molecule has 2 heterocycles. The molecule has 0 N–H and O–H groups in total. The number of rotatable bonds is 5. The number of Topliss-reactive ketones (excluding diaryl/α,β-unsaturated/α-hetero) is 1. The van der Waals surface area contributed by atoms with Crippen LogP contribution in [-0.2, 0) is 0 Å². The zero-order valence-corrected chi connectivity index (χ0v) is 14.1. The number of aromatic nitrogens is 2. The van der Waals surface area contributed by atoms with Gasteiger partial charge < -0.3 is 4.42 Å². The van der Waals surface area contributed by atoms with Crippen LogP contribution >= 0.6 is 46.3 Å². The quantitative estimate of drug-likeness (QED) is 0.462. The number of hydrogen-bond donors (Lipinski definition) is 0. The van der Waals surface area contributed by atoms with Crippen LogP contribution in [0.1, 0.15) is 9.67 Å². The van der Waals surface area contributed by atoms with Gasteiger partial charge in [-0.2, -0.15) is 0 Å². The average Bonchev–Trinajstić information content (AvgIpc) is 3.15. The summed E-state index contributed by atoms with van der Waals surface area (Å²) in [7, 11) is 0. The molecule has 0 aliphatic heterocycles. The highest BCUT2D eigenvalue weighted by Gasteiger charge is 2.13. The molecular weight excluding hydrogens is 363 g/mol. The van der Waals surface area contributed by atoms with Gasteiger partial charge in [0.15, 0.2) is 5.78 Å². The molecule has 0 radical (unpaired) electrons. The average molecular weight is 371 g/mol. The van der Waals surface area contributed by atoms with Crippen molar-refractivity contribution < 1.29 is 9.21 Å². The van der Waals surface area contributed by atoms with Gasteiger partial charge in [-0.1, -0.05) is 35.0 Å². The Morgan fingerprint density at radius 2 is 1.91 bits per heavy atom. The highest BCUT2D eigenvalue weighted by atomic mass is 35.5. The number of benzene rings is 1. The molecule has 0 amide bonds. The minimum Gasteiger partial charge on any atom is -0.411 e. The molecule has 0 saturated carbocycles. The van der Waals surface area contributed by atoms with Crippen LogP contribution in [0, 0.1) is 0 Å². The molecule has 112 valence electrons. The molecule has 22 heavy (non-hydrogen) atoms. The highest BCUT2D eigenvalue weighted by Crippen LogP contribution is 2.27. The Morgan fingerprint density at radius 3 is 2.59 bits per heavy atom. The minimum absolute atomic E-state index is 0.0202. The monoisotopic (exact) mass is 370 g/mol. The topological polar surface area (TPSA) is 56.0 Å². The van der Waals surface area contributed by atoms with Crippen molar-refractivity contribution in [3.8, 4) is 11.5 Å². The van der Waals surface area contributed by atoms with Crippen LogP contribution in [0.15, 0.2) is 46.0 Å². The largest absolute Gasteiger partial charge is 0.411 e. The fraction of sp³-hybridized carbons (Fsp3) is 0.0714. The second-order valence-electron chi connectivity index (χ2n) is 4.20. The van der Waals surface area contributed by atoms with Gasteiger partial charge in [-0.3, -0.25) is 4.79 Å². The van der Waals surface area contributed by atoms with E-state index in [1.807, 2.05) is 0 Å². The zero-order chi connectivity index (χ0) is 15.5. The lowest BCUT2D eigenvalue weighted by Crippen LogP contribution is -1.98. The standard InChI is InChI=1S/C14H8Cl2N2O2S2/c15-9-3-1-8(2-4-9)13-17-18-14(20-13)21-7-10(19)11-5-6-12(16)22-11/h1-6H,7H2. The first-order valence-corrected chi connectivity index (χ1v) is 8.68. The summed E-state index contributed by atoms with van der Waals surface area (Å²) in [6, 6.07) is 10.5. The first-order valence-electron chi connectivity index (χ1n) is 6.12. The van der Waals surface area contributed by atoms with Crippen LogP contribution < -0.4 is 0 Å². The molecule has 0 unspecified atom stereocenters. The maximum Gasteiger partial charge on any atom is 0.277 e. The van der Waals surface area contributed by atoms with E-state index in [-0.39, 0.29) is 11.5 Å². The molecular formula is C14H8Cl2N2O2S2. The lowest BCUT2D eigenvalue weighted by atomic mass is 10.2. The summed E-state index contributed by atoms with van der Waals surface area (Å²) >= 11 is 14.1. The summed E-state index contributed by atoms with van der Waals surface area (Å²) in [6.07, 6.45) is 0. The van der Waals surface area contributed by atoms with Crippen LogP contribution in [-0.4, -0.2) is 21.7 Å². The Morgan fingerprint density at radius 1 is 1.14 bits per heavy atom. The highest BCUT2D eigenvalue weighted by molar-refractivity contribution is 7.99. The number of nitrogens with zero attached hydrogens (tertiary/aromatic N) is 2. The molecule has 4 nitrogen and oxygen atoms in total. The van der Waals surface area contributed by atoms with Gasteiger partial charge in [-0.15, -0.1) is 21.5 Å². The number of thioether (sulfide) groups is 1. The summed E-state index contributed by atoms with van der Waals surface area (Å²) in [6.45, 7) is 0. The molecule has 0 aliphatic carbocycles. The fourth-order valence-electron chi connectivity index (χ4n) is 1.64. The third-order valence-electron chi connectivity index (χ3n) is 2.67. The smallest absolute Gasteiger partial charge is 0.277 e. The Hall–Kier alpha value is -1.34. The van der Waals surface area contributed by atoms with Crippen LogP contribution in [0.2, 0.25) is 9.36 Å². The van der Waals surface area contributed by atoms with Gasteiger partial charge in [-0.05, 0) is 36.4 Å². The molecule has 3 aromatic rings. The third-order valence-corrected chi connectivity index (χ3v) is 5.02. The Balaban J connectivity index is 1.64. The summed E-state index contributed by atoms with van der Waals surface area (Å²) in [5.41, 5.74) is 0.778. The van der Waals surface area contributed by atoms with Crippen molar-refractivity contribution >= 4 is 52.1 Å². The van der Waals surface area contributed by atoms with Gasteiger partial charge in [0.05, 0.1) is 15.0 Å². The predicted octanol–water partition coefficient (Wildman–Crippen LogP) is 5.08. The Bertz CT molecular complexity index is 799. The molecule has 0 bridgehead atoms. The molecule has 0 atom stereocenters. The normalized spacial score (nSPS) is 10.8. The van der Waals surface area contributed by atoms with Gasteiger partial charge in [0.2, 0.25) is 5.89 Å². The van der Waals surface area contributed by atoms with Crippen LogP contribution in [0.25, 0.3) is 11.5 Å². The van der Waals surface area contributed by atoms with E-state index in [1.54, 1.807) is 36.4 Å². The van der Waals surface area contributed by atoms with E-state index >= 15 is 0 Å². The van der Waals surface area contributed by atoms with E-state index < -0.39 is 0 Å². The number of carbonyl (C=O) groups is 1. The molecule has 2 aromatic heterocycles. The molecule has 0 aliphatic rings. The molecule has 1 aromatic carbocycles. The molecule has 3 rings (SSSR count). The number of ketones is 1. The second-order valence-corrected chi connectivity index (χ2v) is 7.27. The van der Waals surface area contributed by atoms with Crippen molar-refractivity contribution in [3.63, 3.8) is 0 Å². The Labute approximate surface area is 144 Å². The van der Waals surface area contributed by atoms with Crippen molar-refractivity contribution in [3.05, 3.63) is 50.6 Å². The first-order chi connectivity index (χ1) is 10.6. The third kappa shape index (κ3) is 3.70. The molecule has 0 saturated heterocycles. The SMILES string of the molecule is O=C(CSc1nnc(-c2ccc(Cl)cc2)o1)c1ccc(Cl)s1.